The third-order valence-electron chi connectivity index (χ3n) is 3.96. The van der Waals surface area contributed by atoms with Gasteiger partial charge in [0.2, 0.25) is 0 Å². The monoisotopic (exact) mass is 297 g/mol. The zero-order chi connectivity index (χ0) is 15.2. The van der Waals surface area contributed by atoms with E-state index in [1.165, 1.54) is 6.07 Å². The number of ether oxygens (including phenoxy) is 1. The predicted molar refractivity (Wildman–Crippen MR) is 75.6 cm³/mol. The minimum absolute atomic E-state index is 0.0195. The highest BCUT2D eigenvalue weighted by Crippen LogP contribution is 2.25. The van der Waals surface area contributed by atoms with Crippen molar-refractivity contribution < 1.29 is 18.3 Å². The van der Waals surface area contributed by atoms with Gasteiger partial charge in [-0.25, -0.2) is 8.78 Å². The van der Waals surface area contributed by atoms with Gasteiger partial charge in [-0.3, -0.25) is 4.79 Å². The summed E-state index contributed by atoms with van der Waals surface area (Å²) in [6.07, 6.45) is 3.26. The van der Waals surface area contributed by atoms with Gasteiger partial charge >= 0.3 is 5.97 Å². The molecule has 2 rings (SSSR count). The lowest BCUT2D eigenvalue weighted by molar-refractivity contribution is -0.149. The topological polar surface area (TPSA) is 38.3 Å². The van der Waals surface area contributed by atoms with Crippen molar-refractivity contribution in [3.05, 3.63) is 35.4 Å². The van der Waals surface area contributed by atoms with E-state index in [-0.39, 0.29) is 17.9 Å². The molecule has 5 heteroatoms. The van der Waals surface area contributed by atoms with Gasteiger partial charge in [-0.05, 0) is 38.7 Å². The number of hydrogen-bond acceptors (Lipinski definition) is 3. The van der Waals surface area contributed by atoms with E-state index < -0.39 is 11.6 Å². The molecule has 21 heavy (non-hydrogen) atoms. The molecule has 0 saturated heterocycles. The fraction of sp³-hybridized carbons (Fsp3) is 0.562. The smallest absolute Gasteiger partial charge is 0.308 e. The quantitative estimate of drug-likeness (QED) is 0.848. The molecule has 1 aromatic rings. The Bertz CT molecular complexity index is 485. The van der Waals surface area contributed by atoms with Crippen LogP contribution in [0.4, 0.5) is 8.78 Å². The van der Waals surface area contributed by atoms with Crippen molar-refractivity contribution >= 4 is 5.97 Å². The molecule has 0 amide bonds. The number of nitrogens with one attached hydrogen (secondary N) is 1. The van der Waals surface area contributed by atoms with Crippen LogP contribution in [-0.2, 0) is 16.1 Å². The molecule has 0 aromatic heterocycles. The first-order valence-electron chi connectivity index (χ1n) is 7.44. The first-order valence-corrected chi connectivity index (χ1v) is 7.44. The number of hydrogen-bond donors (Lipinski definition) is 1. The number of benzene rings is 1. The molecule has 1 aliphatic rings. The fourth-order valence-corrected chi connectivity index (χ4v) is 2.73. The molecule has 116 valence electrons. The summed E-state index contributed by atoms with van der Waals surface area (Å²) in [6, 6.07) is 4.44. The zero-order valence-electron chi connectivity index (χ0n) is 12.2. The first kappa shape index (κ1) is 15.9. The first-order chi connectivity index (χ1) is 10.1. The Morgan fingerprint density at radius 3 is 2.67 bits per heavy atom. The minimum Gasteiger partial charge on any atom is -0.466 e. The van der Waals surface area contributed by atoms with Crippen molar-refractivity contribution in [3.8, 4) is 0 Å². The highest BCUT2D eigenvalue weighted by molar-refractivity contribution is 5.72. The van der Waals surface area contributed by atoms with Gasteiger partial charge in [0.25, 0.3) is 0 Å². The van der Waals surface area contributed by atoms with Crippen LogP contribution in [0, 0.1) is 17.6 Å². The molecular weight excluding hydrogens is 276 g/mol. The maximum Gasteiger partial charge on any atom is 0.308 e. The van der Waals surface area contributed by atoms with E-state index in [0.29, 0.717) is 18.7 Å². The Balaban J connectivity index is 1.79. The summed E-state index contributed by atoms with van der Waals surface area (Å²) in [5, 5.41) is 3.24. The van der Waals surface area contributed by atoms with E-state index in [0.717, 1.165) is 31.7 Å². The van der Waals surface area contributed by atoms with E-state index >= 15 is 0 Å². The maximum atomic E-state index is 13.5. The molecule has 0 spiro atoms. The molecule has 0 bridgehead atoms. The molecule has 0 heterocycles. The molecule has 0 atom stereocenters. The van der Waals surface area contributed by atoms with E-state index in [2.05, 4.69) is 5.32 Å². The third-order valence-corrected chi connectivity index (χ3v) is 3.96. The number of esters is 1. The Morgan fingerprint density at radius 1 is 1.29 bits per heavy atom. The summed E-state index contributed by atoms with van der Waals surface area (Å²) in [5.74, 6) is -1.74. The highest BCUT2D eigenvalue weighted by atomic mass is 19.2. The molecule has 0 radical (unpaired) electrons. The van der Waals surface area contributed by atoms with Crippen LogP contribution in [0.25, 0.3) is 0 Å². The van der Waals surface area contributed by atoms with Gasteiger partial charge in [-0.15, -0.1) is 0 Å². The average Bonchev–Trinajstić information content (AvgIpc) is 2.49. The number of rotatable bonds is 5. The van der Waals surface area contributed by atoms with Crippen LogP contribution in [0.15, 0.2) is 18.2 Å². The van der Waals surface area contributed by atoms with E-state index in [1.54, 1.807) is 13.0 Å². The molecule has 1 saturated carbocycles. The van der Waals surface area contributed by atoms with Crippen molar-refractivity contribution in [3.63, 3.8) is 0 Å². The second-order valence-corrected chi connectivity index (χ2v) is 5.39. The predicted octanol–water partition coefficient (Wildman–Crippen LogP) is 3.18. The van der Waals surface area contributed by atoms with Gasteiger partial charge in [-0.1, -0.05) is 12.1 Å². The largest absolute Gasteiger partial charge is 0.466 e. The standard InChI is InChI=1S/C16H21F2NO2/c1-2-21-16(20)11-6-8-13(9-7-11)19-10-12-4-3-5-14(17)15(12)18/h3-5,11,13,19H,2,6-10H2,1H3. The van der Waals surface area contributed by atoms with Crippen LogP contribution in [0.5, 0.6) is 0 Å². The molecule has 1 aliphatic carbocycles. The van der Waals surface area contributed by atoms with E-state index in [9.17, 15) is 13.6 Å². The molecule has 0 unspecified atom stereocenters. The molecule has 0 aliphatic heterocycles. The Hall–Kier alpha value is -1.49. The second kappa shape index (κ2) is 7.50. The Kier molecular flexibility index (Phi) is 5.67. The van der Waals surface area contributed by atoms with Gasteiger partial charge in [0.1, 0.15) is 0 Å². The molecular formula is C16H21F2NO2. The molecule has 3 nitrogen and oxygen atoms in total. The minimum atomic E-state index is -0.819. The summed E-state index contributed by atoms with van der Waals surface area (Å²) in [5.41, 5.74) is 0.336. The summed E-state index contributed by atoms with van der Waals surface area (Å²) >= 11 is 0. The number of carbonyl (C=O) groups excluding carboxylic acids is 1. The molecule has 1 aromatic carbocycles. The van der Waals surface area contributed by atoms with Gasteiger partial charge in [0.15, 0.2) is 11.6 Å². The van der Waals surface area contributed by atoms with Gasteiger partial charge in [-0.2, -0.15) is 0 Å². The number of carbonyl (C=O) groups is 1. The lowest BCUT2D eigenvalue weighted by Gasteiger charge is -2.28. The van der Waals surface area contributed by atoms with Crippen LogP contribution in [0.3, 0.4) is 0 Å². The van der Waals surface area contributed by atoms with Crippen LogP contribution < -0.4 is 5.32 Å². The summed E-state index contributed by atoms with van der Waals surface area (Å²) < 4.78 is 31.7. The second-order valence-electron chi connectivity index (χ2n) is 5.39. The van der Waals surface area contributed by atoms with Crippen LogP contribution in [0.2, 0.25) is 0 Å². The van der Waals surface area contributed by atoms with Crippen molar-refractivity contribution in [2.75, 3.05) is 6.61 Å². The summed E-state index contributed by atoms with van der Waals surface area (Å²) in [4.78, 5) is 11.6. The van der Waals surface area contributed by atoms with Crippen molar-refractivity contribution in [2.24, 2.45) is 5.92 Å². The summed E-state index contributed by atoms with van der Waals surface area (Å²) in [7, 11) is 0. The Labute approximate surface area is 123 Å². The lowest BCUT2D eigenvalue weighted by Crippen LogP contribution is -2.35. The Morgan fingerprint density at radius 2 is 2.00 bits per heavy atom. The molecule has 1 fully saturated rings. The highest BCUT2D eigenvalue weighted by Gasteiger charge is 2.27. The van der Waals surface area contributed by atoms with Gasteiger partial charge in [0, 0.05) is 18.2 Å². The lowest BCUT2D eigenvalue weighted by atomic mass is 9.86. The van der Waals surface area contributed by atoms with Crippen molar-refractivity contribution in [1.29, 1.82) is 0 Å². The van der Waals surface area contributed by atoms with Crippen LogP contribution in [0.1, 0.15) is 38.2 Å². The van der Waals surface area contributed by atoms with Crippen LogP contribution in [-0.4, -0.2) is 18.6 Å². The van der Waals surface area contributed by atoms with Crippen molar-refractivity contribution in [2.45, 2.75) is 45.2 Å². The van der Waals surface area contributed by atoms with Crippen molar-refractivity contribution in [1.82, 2.24) is 5.32 Å². The van der Waals surface area contributed by atoms with Crippen LogP contribution >= 0.6 is 0 Å². The number of halogens is 2. The van der Waals surface area contributed by atoms with Gasteiger partial charge in [0.05, 0.1) is 12.5 Å². The third kappa shape index (κ3) is 4.24. The van der Waals surface area contributed by atoms with E-state index in [1.807, 2.05) is 0 Å². The molecule has 1 N–H and O–H groups in total. The van der Waals surface area contributed by atoms with Gasteiger partial charge < -0.3 is 10.1 Å². The zero-order valence-corrected chi connectivity index (χ0v) is 12.2. The SMILES string of the molecule is CCOC(=O)C1CCC(NCc2cccc(F)c2F)CC1. The van der Waals surface area contributed by atoms with E-state index in [4.69, 9.17) is 4.74 Å². The average molecular weight is 297 g/mol. The maximum absolute atomic E-state index is 13.5. The fourth-order valence-electron chi connectivity index (χ4n) is 2.73. The summed E-state index contributed by atoms with van der Waals surface area (Å²) in [6.45, 7) is 2.52. The normalized spacial score (nSPS) is 22.0.